The standard InChI is InChI=1S/C22H24BrN7O2/c1-32-16-8-6-15(7-9-16)29-10-12-30(13-11-29)21-19(24)20(25-14-26-21)27-28-22(31)17-4-2-3-5-18(17)23/h2-9,14H,10-13,24H2,1H3,(H,28,31)(H,25,26,27). The third kappa shape index (κ3) is 4.70. The van der Waals surface area contributed by atoms with Gasteiger partial charge < -0.3 is 20.3 Å². The summed E-state index contributed by atoms with van der Waals surface area (Å²) in [7, 11) is 1.66. The third-order valence-corrected chi connectivity index (χ3v) is 5.98. The monoisotopic (exact) mass is 497 g/mol. The molecule has 0 spiro atoms. The van der Waals surface area contributed by atoms with Crippen LogP contribution in [0, 0.1) is 0 Å². The molecule has 0 unspecified atom stereocenters. The van der Waals surface area contributed by atoms with E-state index in [0.717, 1.165) is 37.6 Å². The number of hydrazine groups is 1. The first-order valence-corrected chi connectivity index (χ1v) is 10.9. The lowest BCUT2D eigenvalue weighted by Gasteiger charge is -2.37. The number of nitrogens with one attached hydrogen (secondary N) is 2. The van der Waals surface area contributed by atoms with Gasteiger partial charge in [-0.05, 0) is 52.3 Å². The Bertz CT molecular complexity index is 1090. The minimum Gasteiger partial charge on any atom is -0.497 e. The Balaban J connectivity index is 1.39. The van der Waals surface area contributed by atoms with Crippen LogP contribution in [0.5, 0.6) is 5.75 Å². The molecule has 1 aliphatic heterocycles. The van der Waals surface area contributed by atoms with Crippen molar-refractivity contribution in [1.29, 1.82) is 0 Å². The van der Waals surface area contributed by atoms with Crippen LogP contribution in [0.1, 0.15) is 10.4 Å². The molecule has 4 N–H and O–H groups in total. The zero-order chi connectivity index (χ0) is 22.5. The highest BCUT2D eigenvalue weighted by Gasteiger charge is 2.22. The maximum Gasteiger partial charge on any atom is 0.270 e. The number of rotatable bonds is 6. The highest BCUT2D eigenvalue weighted by molar-refractivity contribution is 9.10. The van der Waals surface area contributed by atoms with Gasteiger partial charge in [0.15, 0.2) is 11.6 Å². The van der Waals surface area contributed by atoms with Crippen LogP contribution in [0.25, 0.3) is 0 Å². The van der Waals surface area contributed by atoms with Gasteiger partial charge >= 0.3 is 0 Å². The number of nitrogen functional groups attached to an aromatic ring is 1. The molecule has 166 valence electrons. The van der Waals surface area contributed by atoms with Crippen molar-refractivity contribution in [2.45, 2.75) is 0 Å². The smallest absolute Gasteiger partial charge is 0.270 e. The number of carbonyl (C=O) groups is 1. The third-order valence-electron chi connectivity index (χ3n) is 5.29. The average Bonchev–Trinajstić information content (AvgIpc) is 2.84. The van der Waals surface area contributed by atoms with E-state index >= 15 is 0 Å². The van der Waals surface area contributed by atoms with E-state index in [0.29, 0.717) is 27.4 Å². The Morgan fingerprint density at radius 1 is 1.03 bits per heavy atom. The summed E-state index contributed by atoms with van der Waals surface area (Å²) in [6.45, 7) is 3.18. The summed E-state index contributed by atoms with van der Waals surface area (Å²) in [6.07, 6.45) is 1.44. The largest absolute Gasteiger partial charge is 0.497 e. The molecule has 2 aromatic carbocycles. The van der Waals surface area contributed by atoms with Gasteiger partial charge in [-0.25, -0.2) is 9.97 Å². The summed E-state index contributed by atoms with van der Waals surface area (Å²) < 4.78 is 5.93. The molecule has 0 atom stereocenters. The molecule has 4 rings (SSSR count). The number of amides is 1. The van der Waals surface area contributed by atoms with Crippen LogP contribution < -0.4 is 31.1 Å². The molecule has 0 radical (unpaired) electrons. The van der Waals surface area contributed by atoms with Crippen LogP contribution in [0.15, 0.2) is 59.3 Å². The fraction of sp³-hybridized carbons (Fsp3) is 0.227. The Morgan fingerprint density at radius 3 is 2.41 bits per heavy atom. The van der Waals surface area contributed by atoms with E-state index in [9.17, 15) is 4.79 Å². The minimum absolute atomic E-state index is 0.301. The molecule has 1 aromatic heterocycles. The normalized spacial score (nSPS) is 13.6. The number of aromatic nitrogens is 2. The zero-order valence-electron chi connectivity index (χ0n) is 17.6. The van der Waals surface area contributed by atoms with Gasteiger partial charge in [-0.15, -0.1) is 0 Å². The molecular weight excluding hydrogens is 474 g/mol. The number of hydrogen-bond acceptors (Lipinski definition) is 8. The Kier molecular flexibility index (Phi) is 6.60. The quantitative estimate of drug-likeness (QED) is 0.446. The number of piperazine rings is 1. The lowest BCUT2D eigenvalue weighted by atomic mass is 10.2. The van der Waals surface area contributed by atoms with Crippen LogP contribution in [0.2, 0.25) is 0 Å². The van der Waals surface area contributed by atoms with Crippen molar-refractivity contribution in [3.63, 3.8) is 0 Å². The second kappa shape index (κ2) is 9.73. The minimum atomic E-state index is -0.301. The van der Waals surface area contributed by atoms with Gasteiger partial charge in [-0.2, -0.15) is 0 Å². The first-order chi connectivity index (χ1) is 15.6. The number of nitrogens with zero attached hydrogens (tertiary/aromatic N) is 4. The predicted octanol–water partition coefficient (Wildman–Crippen LogP) is 2.91. The summed E-state index contributed by atoms with van der Waals surface area (Å²) in [5.41, 5.74) is 13.8. The molecular formula is C22H24BrN7O2. The van der Waals surface area contributed by atoms with E-state index in [1.165, 1.54) is 6.33 Å². The number of benzene rings is 2. The van der Waals surface area contributed by atoms with E-state index in [1.54, 1.807) is 25.3 Å². The number of halogens is 1. The van der Waals surface area contributed by atoms with Crippen molar-refractivity contribution < 1.29 is 9.53 Å². The zero-order valence-corrected chi connectivity index (χ0v) is 19.2. The first-order valence-electron chi connectivity index (χ1n) is 10.1. The number of hydrogen-bond donors (Lipinski definition) is 3. The van der Waals surface area contributed by atoms with E-state index in [2.05, 4.69) is 58.7 Å². The lowest BCUT2D eigenvalue weighted by molar-refractivity contribution is 0.0961. The molecule has 10 heteroatoms. The maximum absolute atomic E-state index is 12.4. The van der Waals surface area contributed by atoms with Gasteiger partial charge in [0.25, 0.3) is 5.91 Å². The molecule has 2 heterocycles. The molecule has 1 fully saturated rings. The molecule has 9 nitrogen and oxygen atoms in total. The molecule has 1 saturated heterocycles. The topological polar surface area (TPSA) is 109 Å². The molecule has 0 aliphatic carbocycles. The van der Waals surface area contributed by atoms with Gasteiger partial charge in [0.1, 0.15) is 17.8 Å². The highest BCUT2D eigenvalue weighted by atomic mass is 79.9. The lowest BCUT2D eigenvalue weighted by Crippen LogP contribution is -2.47. The second-order valence-corrected chi connectivity index (χ2v) is 8.04. The number of nitrogens with two attached hydrogens (primary N) is 1. The van der Waals surface area contributed by atoms with Gasteiger partial charge in [-0.1, -0.05) is 12.1 Å². The van der Waals surface area contributed by atoms with Crippen molar-refractivity contribution in [1.82, 2.24) is 15.4 Å². The van der Waals surface area contributed by atoms with E-state index in [4.69, 9.17) is 10.5 Å². The number of anilines is 4. The fourth-order valence-corrected chi connectivity index (χ4v) is 4.00. The van der Waals surface area contributed by atoms with Crippen molar-refractivity contribution in [2.24, 2.45) is 0 Å². The van der Waals surface area contributed by atoms with Crippen LogP contribution in [0.4, 0.5) is 23.0 Å². The summed E-state index contributed by atoms with van der Waals surface area (Å²) in [6, 6.07) is 15.2. The second-order valence-electron chi connectivity index (χ2n) is 7.19. The van der Waals surface area contributed by atoms with Gasteiger partial charge in [0, 0.05) is 36.3 Å². The summed E-state index contributed by atoms with van der Waals surface area (Å²) in [5.74, 6) is 1.54. The molecule has 3 aromatic rings. The van der Waals surface area contributed by atoms with Gasteiger partial charge in [0.05, 0.1) is 12.7 Å². The van der Waals surface area contributed by atoms with Crippen molar-refractivity contribution in [2.75, 3.05) is 54.2 Å². The van der Waals surface area contributed by atoms with Crippen molar-refractivity contribution in [3.05, 3.63) is 64.9 Å². The first kappa shape index (κ1) is 21.7. The summed E-state index contributed by atoms with van der Waals surface area (Å²) in [5, 5.41) is 0. The molecule has 0 bridgehead atoms. The van der Waals surface area contributed by atoms with Crippen molar-refractivity contribution in [3.8, 4) is 5.75 Å². The molecule has 32 heavy (non-hydrogen) atoms. The molecule has 1 amide bonds. The maximum atomic E-state index is 12.4. The van der Waals surface area contributed by atoms with E-state index in [1.807, 2.05) is 18.2 Å². The predicted molar refractivity (Wildman–Crippen MR) is 129 cm³/mol. The number of methoxy groups -OCH3 is 1. The van der Waals surface area contributed by atoms with Crippen LogP contribution >= 0.6 is 15.9 Å². The fourth-order valence-electron chi connectivity index (χ4n) is 3.54. The van der Waals surface area contributed by atoms with E-state index in [-0.39, 0.29) is 5.91 Å². The average molecular weight is 498 g/mol. The van der Waals surface area contributed by atoms with Gasteiger partial charge in [-0.3, -0.25) is 15.6 Å². The van der Waals surface area contributed by atoms with Crippen LogP contribution in [0.3, 0.4) is 0 Å². The SMILES string of the molecule is COc1ccc(N2CCN(c3ncnc(NNC(=O)c4ccccc4Br)c3N)CC2)cc1. The number of carbonyl (C=O) groups excluding carboxylic acids is 1. The molecule has 0 saturated carbocycles. The Labute approximate surface area is 194 Å². The summed E-state index contributed by atoms with van der Waals surface area (Å²) >= 11 is 3.37. The Morgan fingerprint density at radius 2 is 1.72 bits per heavy atom. The molecule has 1 aliphatic rings. The Hall–Kier alpha value is -3.53. The number of ether oxygens (including phenoxy) is 1. The van der Waals surface area contributed by atoms with Crippen LogP contribution in [-0.2, 0) is 0 Å². The van der Waals surface area contributed by atoms with Crippen LogP contribution in [-0.4, -0.2) is 49.2 Å². The van der Waals surface area contributed by atoms with E-state index < -0.39 is 0 Å². The summed E-state index contributed by atoms with van der Waals surface area (Å²) in [4.78, 5) is 25.4. The van der Waals surface area contributed by atoms with Gasteiger partial charge in [0.2, 0.25) is 0 Å². The highest BCUT2D eigenvalue weighted by Crippen LogP contribution is 2.28. The van der Waals surface area contributed by atoms with Crippen molar-refractivity contribution >= 4 is 44.8 Å².